The summed E-state index contributed by atoms with van der Waals surface area (Å²) in [5.74, 6) is -0.211. The minimum absolute atomic E-state index is 0.0356. The Kier molecular flexibility index (Phi) is 6.20. The van der Waals surface area contributed by atoms with Gasteiger partial charge in [-0.25, -0.2) is 14.8 Å². The number of hydrogen-bond donors (Lipinski definition) is 3. The van der Waals surface area contributed by atoms with Crippen molar-refractivity contribution < 1.29 is 14.7 Å². The number of aryl methyl sites for hydroxylation is 1. The summed E-state index contributed by atoms with van der Waals surface area (Å²) in [4.78, 5) is 33.8. The topological polar surface area (TPSA) is 107 Å². The minimum atomic E-state index is -0.825. The second kappa shape index (κ2) is 8.79. The first-order valence-corrected chi connectivity index (χ1v) is 9.38. The van der Waals surface area contributed by atoms with Gasteiger partial charge in [0.2, 0.25) is 0 Å². The van der Waals surface area contributed by atoms with E-state index in [1.807, 2.05) is 49.1 Å². The molecule has 0 radical (unpaired) electrons. The number of anilines is 1. The molecule has 0 saturated heterocycles. The van der Waals surface area contributed by atoms with Gasteiger partial charge in [0.25, 0.3) is 0 Å². The lowest BCUT2D eigenvalue weighted by atomic mass is 9.85. The van der Waals surface area contributed by atoms with Crippen molar-refractivity contribution in [1.82, 2.24) is 20.2 Å². The van der Waals surface area contributed by atoms with E-state index < -0.39 is 5.97 Å². The molecule has 28 heavy (non-hydrogen) atoms. The zero-order valence-electron chi connectivity index (χ0n) is 16.1. The van der Waals surface area contributed by atoms with Gasteiger partial charge in [-0.05, 0) is 44.5 Å². The van der Waals surface area contributed by atoms with Crippen molar-refractivity contribution in [3.8, 4) is 11.4 Å². The Labute approximate surface area is 164 Å². The van der Waals surface area contributed by atoms with Crippen LogP contribution in [0.15, 0.2) is 36.5 Å². The third-order valence-corrected chi connectivity index (χ3v) is 4.88. The zero-order chi connectivity index (χ0) is 20.1. The number of benzene rings is 1. The van der Waals surface area contributed by atoms with E-state index in [4.69, 9.17) is 5.11 Å². The van der Waals surface area contributed by atoms with Crippen LogP contribution in [0.5, 0.6) is 0 Å². The SMILES string of the molecule is CCN(CC(=O)O)C1CC(NC(=O)Nc2cccc(-c3nccc(C)n3)c2)C1. The van der Waals surface area contributed by atoms with Crippen molar-refractivity contribution in [2.24, 2.45) is 0 Å². The first-order chi connectivity index (χ1) is 13.4. The molecule has 8 heteroatoms. The van der Waals surface area contributed by atoms with Crippen LogP contribution in [0.3, 0.4) is 0 Å². The smallest absolute Gasteiger partial charge is 0.319 e. The average molecular weight is 383 g/mol. The van der Waals surface area contributed by atoms with E-state index in [1.165, 1.54) is 0 Å². The molecule has 1 aromatic heterocycles. The maximum Gasteiger partial charge on any atom is 0.319 e. The van der Waals surface area contributed by atoms with E-state index in [0.717, 1.165) is 24.1 Å². The molecule has 148 valence electrons. The van der Waals surface area contributed by atoms with Gasteiger partial charge in [-0.2, -0.15) is 0 Å². The minimum Gasteiger partial charge on any atom is -0.480 e. The number of amides is 2. The molecule has 1 heterocycles. The Hall–Kier alpha value is -3.00. The lowest BCUT2D eigenvalue weighted by Crippen LogP contribution is -2.55. The fraction of sp³-hybridized carbons (Fsp3) is 0.400. The Bertz CT molecular complexity index is 851. The van der Waals surface area contributed by atoms with Crippen molar-refractivity contribution >= 4 is 17.7 Å². The molecule has 2 amide bonds. The first-order valence-electron chi connectivity index (χ1n) is 9.38. The third kappa shape index (κ3) is 5.04. The van der Waals surface area contributed by atoms with Crippen LogP contribution in [0.1, 0.15) is 25.5 Å². The number of aromatic nitrogens is 2. The first kappa shape index (κ1) is 19.8. The van der Waals surface area contributed by atoms with Crippen molar-refractivity contribution in [1.29, 1.82) is 0 Å². The molecule has 3 rings (SSSR count). The summed E-state index contributed by atoms with van der Waals surface area (Å²) in [7, 11) is 0. The number of nitrogens with zero attached hydrogens (tertiary/aromatic N) is 3. The molecule has 1 aromatic carbocycles. The highest BCUT2D eigenvalue weighted by Crippen LogP contribution is 2.26. The van der Waals surface area contributed by atoms with Crippen LogP contribution >= 0.6 is 0 Å². The van der Waals surface area contributed by atoms with Crippen LogP contribution in [-0.4, -0.2) is 57.1 Å². The molecule has 0 bridgehead atoms. The average Bonchev–Trinajstić information content (AvgIpc) is 2.63. The highest BCUT2D eigenvalue weighted by Gasteiger charge is 2.34. The molecule has 1 aliphatic carbocycles. The van der Waals surface area contributed by atoms with E-state index in [9.17, 15) is 9.59 Å². The van der Waals surface area contributed by atoms with Gasteiger partial charge in [-0.15, -0.1) is 0 Å². The van der Waals surface area contributed by atoms with Gasteiger partial charge in [-0.1, -0.05) is 19.1 Å². The van der Waals surface area contributed by atoms with E-state index in [2.05, 4.69) is 20.6 Å². The summed E-state index contributed by atoms with van der Waals surface area (Å²) < 4.78 is 0. The molecule has 1 saturated carbocycles. The number of aliphatic carboxylic acids is 1. The highest BCUT2D eigenvalue weighted by molar-refractivity contribution is 5.90. The number of carbonyl (C=O) groups excluding carboxylic acids is 1. The predicted octanol–water partition coefficient (Wildman–Crippen LogP) is 2.51. The lowest BCUT2D eigenvalue weighted by Gasteiger charge is -2.42. The summed E-state index contributed by atoms with van der Waals surface area (Å²) in [6.07, 6.45) is 3.22. The number of nitrogens with one attached hydrogen (secondary N) is 2. The largest absolute Gasteiger partial charge is 0.480 e. The number of likely N-dealkylation sites (N-methyl/N-ethyl adjacent to an activating group) is 1. The van der Waals surface area contributed by atoms with Gasteiger partial charge in [0.05, 0.1) is 6.54 Å². The molecule has 1 fully saturated rings. The normalized spacial score (nSPS) is 18.4. The molecular formula is C20H25N5O3. The van der Waals surface area contributed by atoms with Gasteiger partial charge in [-0.3, -0.25) is 9.69 Å². The molecular weight excluding hydrogens is 358 g/mol. The van der Waals surface area contributed by atoms with Crippen molar-refractivity contribution in [2.75, 3.05) is 18.4 Å². The van der Waals surface area contributed by atoms with Crippen LogP contribution in [0, 0.1) is 6.92 Å². The second-order valence-corrected chi connectivity index (χ2v) is 6.98. The number of carbonyl (C=O) groups is 2. The van der Waals surface area contributed by atoms with Gasteiger partial charge >= 0.3 is 12.0 Å². The fourth-order valence-corrected chi connectivity index (χ4v) is 3.35. The third-order valence-electron chi connectivity index (χ3n) is 4.88. The molecule has 0 unspecified atom stereocenters. The fourth-order valence-electron chi connectivity index (χ4n) is 3.35. The Morgan fingerprint density at radius 2 is 2.07 bits per heavy atom. The van der Waals surface area contributed by atoms with Gasteiger partial charge < -0.3 is 15.7 Å². The second-order valence-electron chi connectivity index (χ2n) is 6.98. The van der Waals surface area contributed by atoms with Crippen molar-refractivity contribution in [2.45, 2.75) is 38.8 Å². The maximum atomic E-state index is 12.3. The standard InChI is InChI=1S/C20H25N5O3/c1-3-25(12-18(26)27)17-10-16(11-17)24-20(28)23-15-6-4-5-14(9-15)19-21-8-7-13(2)22-19/h4-9,16-17H,3,10-12H2,1-2H3,(H,26,27)(H2,23,24,28). The van der Waals surface area contributed by atoms with Crippen LogP contribution in [-0.2, 0) is 4.79 Å². The molecule has 8 nitrogen and oxygen atoms in total. The Morgan fingerprint density at radius 3 is 2.75 bits per heavy atom. The molecule has 0 atom stereocenters. The number of rotatable bonds is 7. The monoisotopic (exact) mass is 383 g/mol. The van der Waals surface area contributed by atoms with E-state index in [-0.39, 0.29) is 24.7 Å². The zero-order valence-corrected chi connectivity index (χ0v) is 16.1. The van der Waals surface area contributed by atoms with Crippen molar-refractivity contribution in [3.63, 3.8) is 0 Å². The molecule has 2 aromatic rings. The molecule has 0 aliphatic heterocycles. The maximum absolute atomic E-state index is 12.3. The predicted molar refractivity (Wildman–Crippen MR) is 106 cm³/mol. The Morgan fingerprint density at radius 1 is 1.29 bits per heavy atom. The number of carboxylic acids is 1. The van der Waals surface area contributed by atoms with Gasteiger partial charge in [0.1, 0.15) is 0 Å². The summed E-state index contributed by atoms with van der Waals surface area (Å²) in [6.45, 7) is 4.57. The Balaban J connectivity index is 1.52. The summed E-state index contributed by atoms with van der Waals surface area (Å²) in [6, 6.07) is 9.21. The number of carboxylic acid groups (broad SMARTS) is 1. The van der Waals surface area contributed by atoms with Crippen LogP contribution in [0.25, 0.3) is 11.4 Å². The van der Waals surface area contributed by atoms with E-state index in [0.29, 0.717) is 18.1 Å². The van der Waals surface area contributed by atoms with Gasteiger partial charge in [0.15, 0.2) is 5.82 Å². The number of urea groups is 1. The quantitative estimate of drug-likeness (QED) is 0.678. The summed E-state index contributed by atoms with van der Waals surface area (Å²) in [5, 5.41) is 14.7. The summed E-state index contributed by atoms with van der Waals surface area (Å²) >= 11 is 0. The molecule has 3 N–H and O–H groups in total. The van der Waals surface area contributed by atoms with Crippen molar-refractivity contribution in [3.05, 3.63) is 42.2 Å². The molecule has 0 spiro atoms. The van der Waals surface area contributed by atoms with E-state index >= 15 is 0 Å². The van der Waals surface area contributed by atoms with E-state index in [1.54, 1.807) is 6.20 Å². The van der Waals surface area contributed by atoms with Crippen LogP contribution < -0.4 is 10.6 Å². The summed E-state index contributed by atoms with van der Waals surface area (Å²) in [5.41, 5.74) is 2.37. The van der Waals surface area contributed by atoms with Gasteiger partial charge in [0, 0.05) is 35.2 Å². The van der Waals surface area contributed by atoms with Crippen LogP contribution in [0.2, 0.25) is 0 Å². The lowest BCUT2D eigenvalue weighted by molar-refractivity contribution is -0.139. The van der Waals surface area contributed by atoms with Crippen LogP contribution in [0.4, 0.5) is 10.5 Å². The molecule has 1 aliphatic rings. The number of hydrogen-bond acceptors (Lipinski definition) is 5. The highest BCUT2D eigenvalue weighted by atomic mass is 16.4.